The van der Waals surface area contributed by atoms with Gasteiger partial charge in [-0.05, 0) is 30.0 Å². The van der Waals surface area contributed by atoms with Crippen LogP contribution in [0, 0.1) is 5.92 Å². The Morgan fingerprint density at radius 1 is 1.25 bits per heavy atom. The van der Waals surface area contributed by atoms with Crippen LogP contribution in [0.2, 0.25) is 0 Å². The molecule has 1 aromatic carbocycles. The van der Waals surface area contributed by atoms with E-state index in [1.54, 1.807) is 30.6 Å². The highest BCUT2D eigenvalue weighted by molar-refractivity contribution is 5.85. The zero-order valence-electron chi connectivity index (χ0n) is 19.1. The molecule has 0 saturated carbocycles. The van der Waals surface area contributed by atoms with Crippen LogP contribution in [0.25, 0.3) is 0 Å². The van der Waals surface area contributed by atoms with Gasteiger partial charge in [0.25, 0.3) is 0 Å². The summed E-state index contributed by atoms with van der Waals surface area (Å²) in [5.74, 6) is 0.977. The molecule has 32 heavy (non-hydrogen) atoms. The molecular formula is C24H32N4O4. The predicted octanol–water partition coefficient (Wildman–Crippen LogP) is 2.33. The lowest BCUT2D eigenvalue weighted by Crippen LogP contribution is -2.40. The number of hydrogen-bond acceptors (Lipinski definition) is 6. The highest BCUT2D eigenvalue weighted by Gasteiger charge is 2.31. The van der Waals surface area contributed by atoms with Crippen molar-refractivity contribution < 1.29 is 19.1 Å². The Morgan fingerprint density at radius 3 is 2.81 bits per heavy atom. The smallest absolute Gasteiger partial charge is 0.242 e. The third-order valence-corrected chi connectivity index (χ3v) is 5.30. The maximum atomic E-state index is 12.9. The monoisotopic (exact) mass is 440 g/mol. The molecule has 8 nitrogen and oxygen atoms in total. The molecule has 8 heteroatoms. The molecule has 0 radical (unpaired) electrons. The molecule has 1 saturated heterocycles. The summed E-state index contributed by atoms with van der Waals surface area (Å²) in [5, 5.41) is 0. The molecular weight excluding hydrogens is 408 g/mol. The molecule has 0 bridgehead atoms. The van der Waals surface area contributed by atoms with Crippen molar-refractivity contribution in [1.82, 2.24) is 19.8 Å². The van der Waals surface area contributed by atoms with Gasteiger partial charge in [-0.25, -0.2) is 0 Å². The third kappa shape index (κ3) is 7.02. The van der Waals surface area contributed by atoms with Gasteiger partial charge in [-0.3, -0.25) is 19.6 Å². The topological polar surface area (TPSA) is 84.9 Å². The highest BCUT2D eigenvalue weighted by atomic mass is 16.5. The number of methoxy groups -OCH3 is 1. The van der Waals surface area contributed by atoms with Gasteiger partial charge in [0.15, 0.2) is 0 Å². The molecule has 1 aliphatic heterocycles. The van der Waals surface area contributed by atoms with E-state index in [9.17, 15) is 9.59 Å². The maximum Gasteiger partial charge on any atom is 0.242 e. The van der Waals surface area contributed by atoms with E-state index in [0.29, 0.717) is 38.6 Å². The summed E-state index contributed by atoms with van der Waals surface area (Å²) >= 11 is 0. The summed E-state index contributed by atoms with van der Waals surface area (Å²) in [7, 11) is 1.63. The van der Waals surface area contributed by atoms with Crippen LogP contribution < -0.4 is 4.74 Å². The maximum absolute atomic E-state index is 12.9. The Hall–Kier alpha value is -3.00. The zero-order valence-corrected chi connectivity index (χ0v) is 19.1. The Morgan fingerprint density at radius 2 is 2.09 bits per heavy atom. The van der Waals surface area contributed by atoms with Gasteiger partial charge >= 0.3 is 0 Å². The van der Waals surface area contributed by atoms with E-state index >= 15 is 0 Å². The van der Waals surface area contributed by atoms with Gasteiger partial charge in [0.1, 0.15) is 5.75 Å². The second-order valence-electron chi connectivity index (χ2n) is 8.45. The van der Waals surface area contributed by atoms with Crippen molar-refractivity contribution in [2.45, 2.75) is 39.4 Å². The van der Waals surface area contributed by atoms with Gasteiger partial charge in [0, 0.05) is 44.6 Å². The SMILES string of the molecule is COc1cccc(CO[C@@H]2CN(C(=O)CCc3cnccn3)CC(=O)N(CC(C)C)C2)c1. The van der Waals surface area contributed by atoms with E-state index in [1.165, 1.54) is 0 Å². The van der Waals surface area contributed by atoms with Crippen LogP contribution in [0.4, 0.5) is 0 Å². The Bertz CT molecular complexity index is 891. The predicted molar refractivity (Wildman–Crippen MR) is 120 cm³/mol. The zero-order chi connectivity index (χ0) is 22.9. The fraction of sp³-hybridized carbons (Fsp3) is 0.500. The molecule has 0 aliphatic carbocycles. The summed E-state index contributed by atoms with van der Waals surface area (Å²) in [6, 6.07) is 7.70. The molecule has 0 N–H and O–H groups in total. The van der Waals surface area contributed by atoms with Crippen molar-refractivity contribution in [3.05, 3.63) is 54.1 Å². The molecule has 3 rings (SSSR count). The fourth-order valence-electron chi connectivity index (χ4n) is 3.72. The van der Waals surface area contributed by atoms with E-state index in [2.05, 4.69) is 23.8 Å². The number of benzene rings is 1. The first-order valence-electron chi connectivity index (χ1n) is 11.0. The second-order valence-corrected chi connectivity index (χ2v) is 8.45. The summed E-state index contributed by atoms with van der Waals surface area (Å²) in [4.78, 5) is 37.5. The van der Waals surface area contributed by atoms with E-state index in [4.69, 9.17) is 9.47 Å². The van der Waals surface area contributed by atoms with Crippen LogP contribution in [0.3, 0.4) is 0 Å². The largest absolute Gasteiger partial charge is 0.497 e. The number of amides is 2. The Kier molecular flexibility index (Phi) is 8.56. The second kappa shape index (κ2) is 11.6. The quantitative estimate of drug-likeness (QED) is 0.595. The van der Waals surface area contributed by atoms with Gasteiger partial charge in [-0.1, -0.05) is 26.0 Å². The van der Waals surface area contributed by atoms with Gasteiger partial charge in [0.05, 0.1) is 32.1 Å². The van der Waals surface area contributed by atoms with Crippen molar-refractivity contribution in [2.24, 2.45) is 5.92 Å². The number of aromatic nitrogens is 2. The summed E-state index contributed by atoms with van der Waals surface area (Å²) in [6.07, 6.45) is 5.37. The molecule has 172 valence electrons. The van der Waals surface area contributed by atoms with Gasteiger partial charge < -0.3 is 19.3 Å². The normalized spacial score (nSPS) is 16.9. The number of ether oxygens (including phenoxy) is 2. The number of rotatable bonds is 9. The lowest BCUT2D eigenvalue weighted by Gasteiger charge is -2.26. The average molecular weight is 441 g/mol. The van der Waals surface area contributed by atoms with Crippen molar-refractivity contribution >= 4 is 11.8 Å². The Labute approximate surface area is 189 Å². The van der Waals surface area contributed by atoms with Crippen LogP contribution in [-0.4, -0.2) is 71.0 Å². The third-order valence-electron chi connectivity index (χ3n) is 5.30. The molecule has 1 aromatic heterocycles. The van der Waals surface area contributed by atoms with Crippen molar-refractivity contribution in [3.8, 4) is 5.75 Å². The number of carbonyl (C=O) groups excluding carboxylic acids is 2. The molecule has 1 atom stereocenters. The number of carbonyl (C=O) groups is 2. The first-order valence-corrected chi connectivity index (χ1v) is 11.0. The summed E-state index contributed by atoms with van der Waals surface area (Å²) in [6.45, 7) is 6.10. The van der Waals surface area contributed by atoms with Crippen LogP contribution in [0.5, 0.6) is 5.75 Å². The van der Waals surface area contributed by atoms with Crippen LogP contribution in [0.15, 0.2) is 42.9 Å². The fourth-order valence-corrected chi connectivity index (χ4v) is 3.72. The lowest BCUT2D eigenvalue weighted by atomic mass is 10.2. The molecule has 1 aliphatic rings. The minimum Gasteiger partial charge on any atom is -0.497 e. The lowest BCUT2D eigenvalue weighted by molar-refractivity contribution is -0.139. The van der Waals surface area contributed by atoms with Crippen LogP contribution in [-0.2, 0) is 27.4 Å². The molecule has 2 heterocycles. The van der Waals surface area contributed by atoms with E-state index < -0.39 is 0 Å². The van der Waals surface area contributed by atoms with Crippen molar-refractivity contribution in [2.75, 3.05) is 33.3 Å². The summed E-state index contributed by atoms with van der Waals surface area (Å²) in [5.41, 5.74) is 1.74. The number of hydrogen-bond donors (Lipinski definition) is 0. The van der Waals surface area contributed by atoms with E-state index in [-0.39, 0.29) is 30.9 Å². The molecule has 1 fully saturated rings. The summed E-state index contributed by atoms with van der Waals surface area (Å²) < 4.78 is 11.5. The number of nitrogens with zero attached hydrogens (tertiary/aromatic N) is 4. The van der Waals surface area contributed by atoms with Gasteiger partial charge in [-0.15, -0.1) is 0 Å². The first kappa shape index (κ1) is 23.7. The van der Waals surface area contributed by atoms with E-state index in [0.717, 1.165) is 17.0 Å². The average Bonchev–Trinajstić information content (AvgIpc) is 2.95. The minimum atomic E-state index is -0.271. The molecule has 0 spiro atoms. The van der Waals surface area contributed by atoms with Crippen molar-refractivity contribution in [3.63, 3.8) is 0 Å². The minimum absolute atomic E-state index is 0.0426. The molecule has 2 amide bonds. The number of aryl methyl sites for hydroxylation is 1. The van der Waals surface area contributed by atoms with Gasteiger partial charge in [0.2, 0.25) is 11.8 Å². The van der Waals surface area contributed by atoms with Crippen LogP contribution >= 0.6 is 0 Å². The standard InChI is InChI=1S/C24H32N4O4/c1-18(2)13-27-14-22(32-17-19-5-4-6-21(11-19)31-3)15-28(16-24(27)30)23(29)8-7-20-12-25-9-10-26-20/h4-6,9-12,18,22H,7-8,13-17H2,1-3H3/t22-/m0/s1. The van der Waals surface area contributed by atoms with Crippen molar-refractivity contribution in [1.29, 1.82) is 0 Å². The molecule has 0 unspecified atom stereocenters. The van der Waals surface area contributed by atoms with Crippen LogP contribution in [0.1, 0.15) is 31.5 Å². The first-order chi connectivity index (χ1) is 15.4. The van der Waals surface area contributed by atoms with E-state index in [1.807, 2.05) is 29.2 Å². The Balaban J connectivity index is 1.67. The van der Waals surface area contributed by atoms with Gasteiger partial charge in [-0.2, -0.15) is 0 Å². The highest BCUT2D eigenvalue weighted by Crippen LogP contribution is 2.17. The molecule has 2 aromatic rings.